The number of hydrogen-bond acceptors (Lipinski definition) is 11. The number of carbonyl (C=O) groups excluding carboxylic acids is 2. The van der Waals surface area contributed by atoms with Crippen molar-refractivity contribution in [1.29, 1.82) is 0 Å². The molecule has 0 heterocycles. The van der Waals surface area contributed by atoms with E-state index in [0.717, 1.165) is 11.6 Å². The van der Waals surface area contributed by atoms with Crippen LogP contribution in [0.4, 0.5) is 39.5 Å². The summed E-state index contributed by atoms with van der Waals surface area (Å²) in [5, 5.41) is 9.25. The van der Waals surface area contributed by atoms with Gasteiger partial charge in [0.2, 0.25) is 0 Å². The number of alkyl halides is 9. The number of carbonyl (C=O) groups is 2. The number of halogens is 11. The van der Waals surface area contributed by atoms with E-state index in [1.54, 1.807) is 13.0 Å². The second-order valence-electron chi connectivity index (χ2n) is 7.42. The molecule has 2 aromatic carbocycles. The molecule has 0 amide bonds. The molecule has 0 aromatic heterocycles. The molecule has 0 atom stereocenters. The van der Waals surface area contributed by atoms with Gasteiger partial charge in [0.15, 0.2) is 18.3 Å². The molecule has 0 bridgehead atoms. The minimum atomic E-state index is -6.85. The molecule has 2 aromatic rings. The first-order valence-electron chi connectivity index (χ1n) is 9.98. The molecule has 0 aliphatic carbocycles. The van der Waals surface area contributed by atoms with Crippen LogP contribution >= 0.6 is 23.2 Å². The summed E-state index contributed by atoms with van der Waals surface area (Å²) in [6.07, 6.45) is 0.653. The molecular weight excluding hydrogens is 754 g/mol. The van der Waals surface area contributed by atoms with Crippen LogP contribution in [-0.2, 0) is 34.0 Å². The van der Waals surface area contributed by atoms with E-state index in [1.165, 1.54) is 19.1 Å². The van der Waals surface area contributed by atoms with Crippen LogP contribution in [0.3, 0.4) is 0 Å². The third-order valence-electron chi connectivity index (χ3n) is 3.95. The molecule has 0 spiro atoms. The lowest BCUT2D eigenvalue weighted by Crippen LogP contribution is -2.34. The van der Waals surface area contributed by atoms with E-state index in [0.29, 0.717) is 11.8 Å². The predicted molar refractivity (Wildman–Crippen MR) is 138 cm³/mol. The van der Waals surface area contributed by atoms with Crippen LogP contribution in [-0.4, -0.2) is 59.5 Å². The highest BCUT2D eigenvalue weighted by atomic mass is 35.5. The first kappa shape index (κ1) is 44.3. The van der Waals surface area contributed by atoms with Crippen molar-refractivity contribution in [1.82, 2.24) is 0 Å². The van der Waals surface area contributed by atoms with Gasteiger partial charge in [0.05, 0.1) is 21.2 Å². The van der Waals surface area contributed by atoms with E-state index in [2.05, 4.69) is 4.18 Å². The number of phenolic OH excluding ortho intramolecular Hbond substituents is 1. The van der Waals surface area contributed by atoms with Crippen molar-refractivity contribution in [2.45, 2.75) is 37.8 Å². The van der Waals surface area contributed by atoms with Gasteiger partial charge in [-0.1, -0.05) is 30.6 Å². The van der Waals surface area contributed by atoms with Gasteiger partial charge in [-0.15, -0.1) is 3.63 Å². The fourth-order valence-corrected chi connectivity index (χ4v) is 4.77. The van der Waals surface area contributed by atoms with E-state index in [1.807, 2.05) is 3.63 Å². The molecule has 25 heteroatoms. The zero-order valence-corrected chi connectivity index (χ0v) is 24.8. The SMILES string of the molecule is C.Cc1cc(Cl)c(C=O)c(OS(=O)(=O)C(F)(F)F)c1.Cc1cc(O)c(C=O)c(Cl)c1.O=S(=O)(OS(=O)(=O)C(F)(F)F)C(F)(F)F. The fraction of sp³-hybridized carbons (Fsp3) is 0.300. The molecule has 45 heavy (non-hydrogen) atoms. The molecule has 258 valence electrons. The molecule has 2 rings (SSSR count). The minimum Gasteiger partial charge on any atom is -0.507 e. The summed E-state index contributed by atoms with van der Waals surface area (Å²) in [6, 6.07) is 5.39. The number of aromatic hydroxyl groups is 1. The highest BCUT2D eigenvalue weighted by Gasteiger charge is 2.57. The monoisotopic (exact) mass is 770 g/mol. The van der Waals surface area contributed by atoms with Crippen molar-refractivity contribution in [3.63, 3.8) is 0 Å². The fourth-order valence-electron chi connectivity index (χ4n) is 2.12. The van der Waals surface area contributed by atoms with E-state index in [9.17, 15) is 74.4 Å². The number of phenols is 1. The molecular formula is C20H17Cl2F9O11S3. The van der Waals surface area contributed by atoms with Gasteiger partial charge in [0, 0.05) is 0 Å². The summed E-state index contributed by atoms with van der Waals surface area (Å²) in [5.41, 5.74) is -17.2. The highest BCUT2D eigenvalue weighted by molar-refractivity contribution is 8.00. The Balaban J connectivity index is 0. The van der Waals surface area contributed by atoms with Crippen LogP contribution in [0, 0.1) is 13.8 Å². The van der Waals surface area contributed by atoms with E-state index in [4.69, 9.17) is 28.3 Å². The third kappa shape index (κ3) is 12.5. The summed E-state index contributed by atoms with van der Waals surface area (Å²) < 4.78 is 172. The van der Waals surface area contributed by atoms with Gasteiger partial charge in [0.1, 0.15) is 5.75 Å². The first-order valence-corrected chi connectivity index (χ1v) is 15.0. The Bertz CT molecular complexity index is 1640. The van der Waals surface area contributed by atoms with Crippen LogP contribution < -0.4 is 4.18 Å². The first-order chi connectivity index (χ1) is 19.4. The van der Waals surface area contributed by atoms with Gasteiger partial charge in [-0.25, -0.2) is 0 Å². The molecule has 11 nitrogen and oxygen atoms in total. The van der Waals surface area contributed by atoms with Gasteiger partial charge < -0.3 is 9.29 Å². The molecule has 0 radical (unpaired) electrons. The molecule has 1 N–H and O–H groups in total. The lowest BCUT2D eigenvalue weighted by Gasteiger charge is -2.12. The Hall–Kier alpha value is -2.86. The number of aryl methyl sites for hydroxylation is 2. The standard InChI is InChI=1S/C9H6ClF3O4S.C8H7ClO2.C2F6O5S2.CH4/c1-5-2-7(10)6(4-14)8(3-5)17-18(15,16)9(11,12)13;1-5-2-7(9)6(4-10)8(11)3-5;3-1(4,5)14(9,10)13-15(11,12)2(6,7)8;/h2-4H,1H3;2-4,11H,1H3;;1H4. The second kappa shape index (κ2) is 15.6. The third-order valence-corrected chi connectivity index (χ3v) is 8.11. The van der Waals surface area contributed by atoms with Crippen LogP contribution in [0.2, 0.25) is 10.0 Å². The maximum atomic E-state index is 12.1. The second-order valence-corrected chi connectivity index (χ2v) is 13.1. The Morgan fingerprint density at radius 3 is 1.29 bits per heavy atom. The average Bonchev–Trinajstić information content (AvgIpc) is 2.76. The van der Waals surface area contributed by atoms with E-state index < -0.39 is 58.2 Å². The number of aldehydes is 2. The van der Waals surface area contributed by atoms with Crippen molar-refractivity contribution in [2.75, 3.05) is 0 Å². The number of benzene rings is 2. The quantitative estimate of drug-likeness (QED) is 0.153. The Labute approximate surface area is 258 Å². The van der Waals surface area contributed by atoms with Gasteiger partial charge in [-0.3, -0.25) is 9.59 Å². The van der Waals surface area contributed by atoms with Gasteiger partial charge in [0.25, 0.3) is 0 Å². The summed E-state index contributed by atoms with van der Waals surface area (Å²) in [5.74, 6) is -0.822. The van der Waals surface area contributed by atoms with E-state index in [-0.39, 0.29) is 35.1 Å². The van der Waals surface area contributed by atoms with Crippen molar-refractivity contribution in [3.05, 3.63) is 56.6 Å². The number of rotatable bonds is 6. The molecule has 0 aliphatic rings. The largest absolute Gasteiger partial charge is 0.534 e. The van der Waals surface area contributed by atoms with Gasteiger partial charge >= 0.3 is 46.9 Å². The molecule has 0 aliphatic heterocycles. The molecule has 0 fully saturated rings. The van der Waals surface area contributed by atoms with Gasteiger partial charge in [-0.2, -0.15) is 64.8 Å². The summed E-state index contributed by atoms with van der Waals surface area (Å²) in [7, 11) is -19.5. The zero-order chi connectivity index (χ0) is 35.3. The van der Waals surface area contributed by atoms with Gasteiger partial charge in [-0.05, 0) is 49.2 Å². The normalized spacial score (nSPS) is 12.4. The molecule has 0 unspecified atom stereocenters. The average molecular weight is 771 g/mol. The molecule has 0 saturated carbocycles. The van der Waals surface area contributed by atoms with Crippen LogP contribution in [0.15, 0.2) is 24.3 Å². The molecule has 0 saturated heterocycles. The van der Waals surface area contributed by atoms with Crippen molar-refractivity contribution >= 4 is 66.1 Å². The topological polar surface area (TPSA) is 175 Å². The summed E-state index contributed by atoms with van der Waals surface area (Å²) in [6.45, 7) is 3.24. The van der Waals surface area contributed by atoms with Crippen LogP contribution in [0.25, 0.3) is 0 Å². The van der Waals surface area contributed by atoms with Crippen molar-refractivity contribution in [2.24, 2.45) is 0 Å². The maximum Gasteiger partial charge on any atom is 0.534 e. The predicted octanol–water partition coefficient (Wildman–Crippen LogP) is 6.19. The summed E-state index contributed by atoms with van der Waals surface area (Å²) in [4.78, 5) is 21.0. The Morgan fingerprint density at radius 2 is 0.978 bits per heavy atom. The smallest absolute Gasteiger partial charge is 0.507 e. The van der Waals surface area contributed by atoms with Crippen molar-refractivity contribution < 1.29 is 87.3 Å². The highest BCUT2D eigenvalue weighted by Crippen LogP contribution is 2.33. The zero-order valence-electron chi connectivity index (χ0n) is 20.9. The van der Waals surface area contributed by atoms with Crippen molar-refractivity contribution in [3.8, 4) is 11.5 Å². The lowest BCUT2D eigenvalue weighted by atomic mass is 10.1. The Kier molecular flexibility index (Phi) is 15.4. The van der Waals surface area contributed by atoms with Crippen LogP contribution in [0.1, 0.15) is 39.3 Å². The summed E-state index contributed by atoms with van der Waals surface area (Å²) >= 11 is 11.2. The lowest BCUT2D eigenvalue weighted by molar-refractivity contribution is -0.0586. The minimum absolute atomic E-state index is 0. The van der Waals surface area contributed by atoms with Crippen LogP contribution in [0.5, 0.6) is 11.5 Å². The number of hydrogen-bond donors (Lipinski definition) is 1. The maximum absolute atomic E-state index is 12.1. The van der Waals surface area contributed by atoms with E-state index >= 15 is 0 Å². The Morgan fingerprint density at radius 1 is 0.644 bits per heavy atom.